The first-order valence-electron chi connectivity index (χ1n) is 7.81. The van der Waals surface area contributed by atoms with Crippen molar-refractivity contribution in [2.75, 3.05) is 18.0 Å². The summed E-state index contributed by atoms with van der Waals surface area (Å²) < 4.78 is 4.99. The Labute approximate surface area is 133 Å². The van der Waals surface area contributed by atoms with Crippen molar-refractivity contribution >= 4 is 11.7 Å². The number of amides is 1. The molecule has 3 rings (SSSR count). The summed E-state index contributed by atoms with van der Waals surface area (Å²) in [6, 6.07) is 1.91. The van der Waals surface area contributed by atoms with E-state index in [9.17, 15) is 9.59 Å². The minimum absolute atomic E-state index is 0.0213. The summed E-state index contributed by atoms with van der Waals surface area (Å²) >= 11 is 0. The van der Waals surface area contributed by atoms with Crippen molar-refractivity contribution in [1.82, 2.24) is 15.3 Å². The van der Waals surface area contributed by atoms with E-state index in [1.807, 2.05) is 11.0 Å². The number of hydrogen-bond acceptors (Lipinski definition) is 5. The number of hydrogen-bond donors (Lipinski definition) is 2. The zero-order chi connectivity index (χ0) is 16.1. The molecule has 0 aromatic carbocycles. The van der Waals surface area contributed by atoms with E-state index in [1.54, 1.807) is 18.7 Å². The molecule has 3 heterocycles. The number of aromatic amines is 1. The van der Waals surface area contributed by atoms with Crippen molar-refractivity contribution in [3.05, 3.63) is 46.9 Å². The van der Waals surface area contributed by atoms with Gasteiger partial charge in [-0.25, -0.2) is 4.98 Å². The van der Waals surface area contributed by atoms with Crippen LogP contribution in [0.15, 0.2) is 40.2 Å². The van der Waals surface area contributed by atoms with E-state index in [2.05, 4.69) is 15.3 Å². The lowest BCUT2D eigenvalue weighted by molar-refractivity contribution is -0.121. The third-order valence-electron chi connectivity index (χ3n) is 4.00. The average Bonchev–Trinajstić information content (AvgIpc) is 3.07. The predicted octanol–water partition coefficient (Wildman–Crippen LogP) is 1.08. The molecule has 0 aliphatic carbocycles. The molecule has 7 heteroatoms. The van der Waals surface area contributed by atoms with Gasteiger partial charge in [0.05, 0.1) is 12.5 Å². The lowest BCUT2D eigenvalue weighted by Crippen LogP contribution is -2.49. The number of anilines is 1. The smallest absolute Gasteiger partial charge is 0.290 e. The van der Waals surface area contributed by atoms with Crippen molar-refractivity contribution in [2.24, 2.45) is 0 Å². The zero-order valence-electron chi connectivity index (χ0n) is 12.8. The molecule has 0 saturated carbocycles. The van der Waals surface area contributed by atoms with Crippen LogP contribution in [0, 0.1) is 0 Å². The highest BCUT2D eigenvalue weighted by molar-refractivity contribution is 5.76. The second-order valence-corrected chi connectivity index (χ2v) is 5.73. The molecule has 1 saturated heterocycles. The van der Waals surface area contributed by atoms with Gasteiger partial charge in [-0.1, -0.05) is 0 Å². The highest BCUT2D eigenvalue weighted by Gasteiger charge is 2.23. The maximum absolute atomic E-state index is 12.1. The highest BCUT2D eigenvalue weighted by atomic mass is 16.3. The fraction of sp³-hybridized carbons (Fsp3) is 0.438. The Morgan fingerprint density at radius 2 is 2.43 bits per heavy atom. The van der Waals surface area contributed by atoms with Gasteiger partial charge < -0.3 is 19.6 Å². The molecule has 0 bridgehead atoms. The molecule has 122 valence electrons. The SMILES string of the molecule is O=C(CCc1ccoc1)N[C@@H]1CCCN(c2ncc[nH]c2=O)C1. The van der Waals surface area contributed by atoms with E-state index in [1.165, 1.54) is 6.20 Å². The van der Waals surface area contributed by atoms with E-state index in [-0.39, 0.29) is 17.5 Å². The van der Waals surface area contributed by atoms with Gasteiger partial charge in [0.1, 0.15) is 0 Å². The molecule has 1 atom stereocenters. The minimum Gasteiger partial charge on any atom is -0.472 e. The van der Waals surface area contributed by atoms with Gasteiger partial charge in [-0.2, -0.15) is 0 Å². The van der Waals surface area contributed by atoms with Gasteiger partial charge >= 0.3 is 0 Å². The van der Waals surface area contributed by atoms with E-state index in [0.29, 0.717) is 25.2 Å². The third kappa shape index (κ3) is 4.00. The van der Waals surface area contributed by atoms with Crippen LogP contribution >= 0.6 is 0 Å². The summed E-state index contributed by atoms with van der Waals surface area (Å²) in [5.74, 6) is 0.442. The first kappa shape index (κ1) is 15.3. The van der Waals surface area contributed by atoms with E-state index in [0.717, 1.165) is 24.9 Å². The molecule has 1 fully saturated rings. The molecule has 1 aliphatic rings. The van der Waals surface area contributed by atoms with Crippen molar-refractivity contribution in [3.63, 3.8) is 0 Å². The maximum atomic E-state index is 12.1. The van der Waals surface area contributed by atoms with E-state index < -0.39 is 0 Å². The van der Waals surface area contributed by atoms with Crippen molar-refractivity contribution in [1.29, 1.82) is 0 Å². The van der Waals surface area contributed by atoms with Crippen molar-refractivity contribution < 1.29 is 9.21 Å². The van der Waals surface area contributed by atoms with Gasteiger partial charge in [-0.15, -0.1) is 0 Å². The van der Waals surface area contributed by atoms with Gasteiger partial charge in [0.2, 0.25) is 5.91 Å². The van der Waals surface area contributed by atoms with E-state index in [4.69, 9.17) is 4.42 Å². The molecule has 2 aromatic heterocycles. The minimum atomic E-state index is -0.195. The molecule has 23 heavy (non-hydrogen) atoms. The van der Waals surface area contributed by atoms with Crippen LogP contribution in [0.5, 0.6) is 0 Å². The Hall–Kier alpha value is -2.57. The number of nitrogens with zero attached hydrogens (tertiary/aromatic N) is 2. The Kier molecular flexibility index (Phi) is 4.75. The maximum Gasteiger partial charge on any atom is 0.290 e. The van der Waals surface area contributed by atoms with Gasteiger partial charge in [0.15, 0.2) is 5.82 Å². The quantitative estimate of drug-likeness (QED) is 0.861. The van der Waals surface area contributed by atoms with Crippen molar-refractivity contribution in [3.8, 4) is 0 Å². The number of H-pyrrole nitrogens is 1. The second-order valence-electron chi connectivity index (χ2n) is 5.73. The number of carbonyl (C=O) groups excluding carboxylic acids is 1. The number of furan rings is 1. The number of aryl methyl sites for hydroxylation is 1. The molecule has 1 amide bonds. The Bertz CT molecular complexity index is 695. The van der Waals surface area contributed by atoms with Crippen molar-refractivity contribution in [2.45, 2.75) is 31.7 Å². The molecule has 0 radical (unpaired) electrons. The Balaban J connectivity index is 1.53. The molecule has 0 unspecified atom stereocenters. The fourth-order valence-electron chi connectivity index (χ4n) is 2.85. The van der Waals surface area contributed by atoms with Crippen LogP contribution in [0.25, 0.3) is 0 Å². The second kappa shape index (κ2) is 7.13. The van der Waals surface area contributed by atoms with Crippen LogP contribution in [0.3, 0.4) is 0 Å². The van der Waals surface area contributed by atoms with Crippen LogP contribution in [0.4, 0.5) is 5.82 Å². The fourth-order valence-corrected chi connectivity index (χ4v) is 2.85. The Morgan fingerprint density at radius 3 is 3.22 bits per heavy atom. The Morgan fingerprint density at radius 1 is 1.52 bits per heavy atom. The summed E-state index contributed by atoms with van der Waals surface area (Å²) in [5.41, 5.74) is 0.824. The van der Waals surface area contributed by atoms with Crippen LogP contribution in [0.2, 0.25) is 0 Å². The zero-order valence-corrected chi connectivity index (χ0v) is 12.8. The van der Waals surface area contributed by atoms with Crippen LogP contribution < -0.4 is 15.8 Å². The van der Waals surface area contributed by atoms with Gasteiger partial charge in [0.25, 0.3) is 5.56 Å². The third-order valence-corrected chi connectivity index (χ3v) is 4.00. The topological polar surface area (TPSA) is 91.2 Å². The summed E-state index contributed by atoms with van der Waals surface area (Å²) in [7, 11) is 0. The number of piperidine rings is 1. The average molecular weight is 316 g/mol. The lowest BCUT2D eigenvalue weighted by Gasteiger charge is -2.33. The summed E-state index contributed by atoms with van der Waals surface area (Å²) in [4.78, 5) is 32.6. The largest absolute Gasteiger partial charge is 0.472 e. The first-order chi connectivity index (χ1) is 11.2. The molecule has 0 spiro atoms. The predicted molar refractivity (Wildman–Crippen MR) is 85.3 cm³/mol. The van der Waals surface area contributed by atoms with Gasteiger partial charge in [-0.3, -0.25) is 9.59 Å². The number of rotatable bonds is 5. The molecular weight excluding hydrogens is 296 g/mol. The summed E-state index contributed by atoms with van der Waals surface area (Å²) in [5, 5.41) is 3.05. The van der Waals surface area contributed by atoms with E-state index >= 15 is 0 Å². The normalized spacial score (nSPS) is 17.9. The standard InChI is InChI=1S/C16H20N4O3/c21-14(4-3-12-5-9-23-11-12)19-13-2-1-8-20(10-13)15-16(22)18-7-6-17-15/h5-7,9,11,13H,1-4,8,10H2,(H,18,22)(H,19,21)/t13-/m1/s1. The molecule has 2 N–H and O–H groups in total. The number of nitrogens with one attached hydrogen (secondary N) is 2. The number of aromatic nitrogens is 2. The molecule has 7 nitrogen and oxygen atoms in total. The highest BCUT2D eigenvalue weighted by Crippen LogP contribution is 2.14. The number of carbonyl (C=O) groups is 1. The van der Waals surface area contributed by atoms with Gasteiger partial charge in [0, 0.05) is 37.9 Å². The first-order valence-corrected chi connectivity index (χ1v) is 7.81. The lowest BCUT2D eigenvalue weighted by atomic mass is 10.1. The molecular formula is C16H20N4O3. The van der Waals surface area contributed by atoms with Crippen LogP contribution in [-0.4, -0.2) is 35.0 Å². The monoisotopic (exact) mass is 316 g/mol. The summed E-state index contributed by atoms with van der Waals surface area (Å²) in [6.45, 7) is 1.39. The van der Waals surface area contributed by atoms with Crippen LogP contribution in [0.1, 0.15) is 24.8 Å². The van der Waals surface area contributed by atoms with Crippen LogP contribution in [-0.2, 0) is 11.2 Å². The van der Waals surface area contributed by atoms with Gasteiger partial charge in [-0.05, 0) is 30.9 Å². The molecule has 2 aromatic rings. The molecule has 1 aliphatic heterocycles. The summed E-state index contributed by atoms with van der Waals surface area (Å²) in [6.07, 6.45) is 9.29.